The van der Waals surface area contributed by atoms with E-state index >= 15 is 0 Å². The van der Waals surface area contributed by atoms with Crippen LogP contribution in [0.1, 0.15) is 15.9 Å². The Morgan fingerprint density at radius 3 is 2.67 bits per heavy atom. The van der Waals surface area contributed by atoms with E-state index in [2.05, 4.69) is 4.72 Å². The van der Waals surface area contributed by atoms with Gasteiger partial charge in [0.25, 0.3) is 0 Å². The van der Waals surface area contributed by atoms with E-state index in [4.69, 9.17) is 9.84 Å². The standard InChI is InChI=1S/C11H15NO5S/c1-8-3-4-9(11(13)14)7-10(8)18(15,16)12-5-6-17-2/h3-4,7,12H,5-6H2,1-2H3,(H,13,14). The lowest BCUT2D eigenvalue weighted by Crippen LogP contribution is -2.28. The second kappa shape index (κ2) is 5.94. The molecule has 100 valence electrons. The number of sulfonamides is 1. The summed E-state index contributed by atoms with van der Waals surface area (Å²) in [5.74, 6) is -1.16. The molecule has 1 rings (SSSR count). The van der Waals surface area contributed by atoms with Gasteiger partial charge in [0, 0.05) is 13.7 Å². The highest BCUT2D eigenvalue weighted by Crippen LogP contribution is 2.16. The molecule has 0 amide bonds. The lowest BCUT2D eigenvalue weighted by atomic mass is 10.1. The predicted octanol–water partition coefficient (Wildman–Crippen LogP) is 0.618. The lowest BCUT2D eigenvalue weighted by molar-refractivity contribution is 0.0696. The minimum absolute atomic E-state index is 0.0292. The van der Waals surface area contributed by atoms with Crippen molar-refractivity contribution in [1.29, 1.82) is 0 Å². The molecule has 0 atom stereocenters. The van der Waals surface area contributed by atoms with E-state index < -0.39 is 16.0 Å². The summed E-state index contributed by atoms with van der Waals surface area (Å²) in [5, 5.41) is 8.84. The Hall–Kier alpha value is -1.44. The normalized spacial score (nSPS) is 11.4. The number of hydrogen-bond acceptors (Lipinski definition) is 4. The van der Waals surface area contributed by atoms with Crippen molar-refractivity contribution in [2.24, 2.45) is 0 Å². The van der Waals surface area contributed by atoms with E-state index in [9.17, 15) is 13.2 Å². The van der Waals surface area contributed by atoms with Crippen LogP contribution in [0.5, 0.6) is 0 Å². The average molecular weight is 273 g/mol. The van der Waals surface area contributed by atoms with Gasteiger partial charge >= 0.3 is 5.97 Å². The zero-order chi connectivity index (χ0) is 13.8. The molecule has 7 heteroatoms. The highest BCUT2D eigenvalue weighted by molar-refractivity contribution is 7.89. The summed E-state index contributed by atoms with van der Waals surface area (Å²) in [5.41, 5.74) is 0.428. The summed E-state index contributed by atoms with van der Waals surface area (Å²) in [4.78, 5) is 10.8. The first kappa shape index (κ1) is 14.6. The molecule has 0 radical (unpaired) electrons. The Bertz CT molecular complexity index is 538. The number of methoxy groups -OCH3 is 1. The second-order valence-corrected chi connectivity index (χ2v) is 5.41. The molecule has 0 aromatic heterocycles. The van der Waals surface area contributed by atoms with Crippen molar-refractivity contribution in [3.8, 4) is 0 Å². The minimum atomic E-state index is -3.71. The van der Waals surface area contributed by atoms with E-state index in [1.54, 1.807) is 6.92 Å². The minimum Gasteiger partial charge on any atom is -0.478 e. The summed E-state index contributed by atoms with van der Waals surface area (Å²) in [6.07, 6.45) is 0. The van der Waals surface area contributed by atoms with Gasteiger partial charge < -0.3 is 9.84 Å². The number of nitrogens with one attached hydrogen (secondary N) is 1. The number of hydrogen-bond donors (Lipinski definition) is 2. The molecule has 1 aromatic rings. The first-order valence-electron chi connectivity index (χ1n) is 5.21. The van der Waals surface area contributed by atoms with Crippen molar-refractivity contribution in [3.05, 3.63) is 29.3 Å². The maximum absolute atomic E-state index is 11.9. The molecule has 6 nitrogen and oxygen atoms in total. The van der Waals surface area contributed by atoms with Crippen LogP contribution in [0.3, 0.4) is 0 Å². The van der Waals surface area contributed by atoms with Crippen molar-refractivity contribution in [3.63, 3.8) is 0 Å². The van der Waals surface area contributed by atoms with Crippen LogP contribution in [0.4, 0.5) is 0 Å². The number of aromatic carboxylic acids is 1. The molecule has 0 bridgehead atoms. The number of rotatable bonds is 6. The fourth-order valence-corrected chi connectivity index (χ4v) is 2.66. The van der Waals surface area contributed by atoms with Crippen molar-refractivity contribution < 1.29 is 23.1 Å². The van der Waals surface area contributed by atoms with E-state index in [0.29, 0.717) is 5.56 Å². The maximum atomic E-state index is 11.9. The van der Waals surface area contributed by atoms with Crippen molar-refractivity contribution in [2.45, 2.75) is 11.8 Å². The molecule has 0 aliphatic heterocycles. The van der Waals surface area contributed by atoms with Gasteiger partial charge in [-0.05, 0) is 24.6 Å². The summed E-state index contributed by atoms with van der Waals surface area (Å²) >= 11 is 0. The molecular weight excluding hydrogens is 258 g/mol. The fourth-order valence-electron chi connectivity index (χ4n) is 1.38. The van der Waals surface area contributed by atoms with Crippen LogP contribution in [-0.4, -0.2) is 39.8 Å². The zero-order valence-corrected chi connectivity index (χ0v) is 11.0. The molecule has 0 saturated heterocycles. The molecule has 0 spiro atoms. The third-order valence-corrected chi connectivity index (χ3v) is 3.93. The Balaban J connectivity index is 3.07. The van der Waals surface area contributed by atoms with Crippen LogP contribution >= 0.6 is 0 Å². The Kier molecular flexibility index (Phi) is 4.83. The summed E-state index contributed by atoms with van der Waals surface area (Å²) in [6.45, 7) is 1.99. The van der Waals surface area contributed by atoms with Crippen LogP contribution in [-0.2, 0) is 14.8 Å². The number of carboxylic acids is 1. The first-order chi connectivity index (χ1) is 8.38. The van der Waals surface area contributed by atoms with Gasteiger partial charge in [0.2, 0.25) is 10.0 Å². The van der Waals surface area contributed by atoms with Gasteiger partial charge in [0.15, 0.2) is 0 Å². The molecule has 0 fully saturated rings. The van der Waals surface area contributed by atoms with Crippen molar-refractivity contribution in [2.75, 3.05) is 20.3 Å². The van der Waals surface area contributed by atoms with E-state index in [1.807, 2.05) is 0 Å². The van der Waals surface area contributed by atoms with Gasteiger partial charge in [-0.25, -0.2) is 17.9 Å². The van der Waals surface area contributed by atoms with Gasteiger partial charge in [0.1, 0.15) is 0 Å². The molecule has 0 aliphatic carbocycles. The Labute approximate surface area is 106 Å². The summed E-state index contributed by atoms with van der Waals surface area (Å²) < 4.78 is 31.0. The quantitative estimate of drug-likeness (QED) is 0.741. The van der Waals surface area contributed by atoms with E-state index in [1.165, 1.54) is 19.2 Å². The SMILES string of the molecule is COCCNS(=O)(=O)c1cc(C(=O)O)ccc1C. The summed E-state index contributed by atoms with van der Waals surface area (Å²) in [6, 6.07) is 3.98. The predicted molar refractivity (Wildman–Crippen MR) is 65.2 cm³/mol. The van der Waals surface area contributed by atoms with Crippen LogP contribution in [0, 0.1) is 6.92 Å². The number of carbonyl (C=O) groups is 1. The monoisotopic (exact) mass is 273 g/mol. The molecule has 0 saturated carbocycles. The zero-order valence-electron chi connectivity index (χ0n) is 10.1. The first-order valence-corrected chi connectivity index (χ1v) is 6.69. The number of carboxylic acid groups (broad SMARTS) is 1. The lowest BCUT2D eigenvalue weighted by Gasteiger charge is -2.09. The molecule has 18 heavy (non-hydrogen) atoms. The number of aryl methyl sites for hydroxylation is 1. The smallest absolute Gasteiger partial charge is 0.335 e. The van der Waals surface area contributed by atoms with E-state index in [0.717, 1.165) is 6.07 Å². The van der Waals surface area contributed by atoms with Gasteiger partial charge in [-0.2, -0.15) is 0 Å². The van der Waals surface area contributed by atoms with Crippen LogP contribution in [0.15, 0.2) is 23.1 Å². The van der Waals surface area contributed by atoms with Crippen LogP contribution in [0.25, 0.3) is 0 Å². The Morgan fingerprint density at radius 2 is 2.11 bits per heavy atom. The molecule has 2 N–H and O–H groups in total. The molecule has 1 aromatic carbocycles. The largest absolute Gasteiger partial charge is 0.478 e. The van der Waals surface area contributed by atoms with Gasteiger partial charge in [-0.3, -0.25) is 0 Å². The number of benzene rings is 1. The molecule has 0 aliphatic rings. The van der Waals surface area contributed by atoms with E-state index in [-0.39, 0.29) is 23.6 Å². The molecule has 0 heterocycles. The molecule has 0 unspecified atom stereocenters. The highest BCUT2D eigenvalue weighted by atomic mass is 32.2. The highest BCUT2D eigenvalue weighted by Gasteiger charge is 2.18. The Morgan fingerprint density at radius 1 is 1.44 bits per heavy atom. The van der Waals surface area contributed by atoms with Gasteiger partial charge in [-0.15, -0.1) is 0 Å². The fraction of sp³-hybridized carbons (Fsp3) is 0.364. The third kappa shape index (κ3) is 3.52. The molecular formula is C11H15NO5S. The maximum Gasteiger partial charge on any atom is 0.335 e. The average Bonchev–Trinajstić information content (AvgIpc) is 2.29. The van der Waals surface area contributed by atoms with Gasteiger partial charge in [0.05, 0.1) is 17.1 Å². The van der Waals surface area contributed by atoms with Crippen LogP contribution in [0.2, 0.25) is 0 Å². The third-order valence-electron chi connectivity index (χ3n) is 2.32. The van der Waals surface area contributed by atoms with Gasteiger partial charge in [-0.1, -0.05) is 6.07 Å². The van der Waals surface area contributed by atoms with Crippen molar-refractivity contribution in [1.82, 2.24) is 4.72 Å². The van der Waals surface area contributed by atoms with Crippen LogP contribution < -0.4 is 4.72 Å². The topological polar surface area (TPSA) is 92.7 Å². The summed E-state index contributed by atoms with van der Waals surface area (Å²) in [7, 11) is -2.25. The number of ether oxygens (including phenoxy) is 1. The second-order valence-electron chi connectivity index (χ2n) is 3.68. The van der Waals surface area contributed by atoms with Crippen molar-refractivity contribution >= 4 is 16.0 Å².